The molecular formula is C46H78N6O9. The van der Waals surface area contributed by atoms with Gasteiger partial charge < -0.3 is 46.1 Å². The number of amides is 4. The van der Waals surface area contributed by atoms with E-state index in [1.807, 2.05) is 55.4 Å². The Bertz CT molecular complexity index is 1570. The van der Waals surface area contributed by atoms with E-state index in [1.165, 1.54) is 30.9 Å². The summed E-state index contributed by atoms with van der Waals surface area (Å²) in [6.45, 7) is 17.5. The van der Waals surface area contributed by atoms with Crippen molar-refractivity contribution in [3.8, 4) is 5.75 Å². The van der Waals surface area contributed by atoms with Gasteiger partial charge in [-0.2, -0.15) is 0 Å². The summed E-state index contributed by atoms with van der Waals surface area (Å²) < 4.78 is 11.4. The fraction of sp³-hybridized carbons (Fsp3) is 0.739. The zero-order chi connectivity index (χ0) is 46.1. The van der Waals surface area contributed by atoms with Crippen molar-refractivity contribution in [2.75, 3.05) is 27.7 Å². The van der Waals surface area contributed by atoms with Gasteiger partial charge in [0.2, 0.25) is 23.6 Å². The molecule has 6 N–H and O–H groups in total. The Morgan fingerprint density at radius 2 is 1.54 bits per heavy atom. The van der Waals surface area contributed by atoms with Gasteiger partial charge in [-0.3, -0.25) is 24.0 Å². The van der Waals surface area contributed by atoms with Gasteiger partial charge in [0.1, 0.15) is 35.8 Å². The van der Waals surface area contributed by atoms with E-state index in [9.17, 15) is 33.9 Å². The normalized spacial score (nSPS) is 18.1. The molecule has 2 rings (SSSR count). The molecule has 1 aliphatic heterocycles. The van der Waals surface area contributed by atoms with E-state index < -0.39 is 72.1 Å². The highest BCUT2D eigenvalue weighted by Crippen LogP contribution is 2.24. The van der Waals surface area contributed by atoms with E-state index in [2.05, 4.69) is 16.0 Å². The van der Waals surface area contributed by atoms with E-state index in [0.29, 0.717) is 68.7 Å². The maximum Gasteiger partial charge on any atom is 0.329 e. The molecule has 1 aromatic carbocycles. The van der Waals surface area contributed by atoms with Gasteiger partial charge in [-0.25, -0.2) is 4.79 Å². The van der Waals surface area contributed by atoms with Gasteiger partial charge >= 0.3 is 5.97 Å². The van der Waals surface area contributed by atoms with Gasteiger partial charge in [0.05, 0.1) is 31.3 Å². The summed E-state index contributed by atoms with van der Waals surface area (Å²) in [6.07, 6.45) is 0.861. The van der Waals surface area contributed by atoms with Crippen molar-refractivity contribution >= 4 is 35.4 Å². The molecule has 15 nitrogen and oxygen atoms in total. The fourth-order valence-corrected chi connectivity index (χ4v) is 7.71. The van der Waals surface area contributed by atoms with Crippen LogP contribution in [0.2, 0.25) is 0 Å². The number of carbonyl (C=O) groups is 6. The van der Waals surface area contributed by atoms with Crippen molar-refractivity contribution in [3.63, 3.8) is 0 Å². The summed E-state index contributed by atoms with van der Waals surface area (Å²) in [6, 6.07) is 1.25. The summed E-state index contributed by atoms with van der Waals surface area (Å²) in [4.78, 5) is 86.1. The SMILES string of the molecule is CC[C@H](C)[C@@H](NC(=O)[C@@H](NC(=O)[C@@H](CC(C)C)NC)[C@@H](C)OC(=O)[C@H](Cc1ccc(OC)cc1)N(C)C(=O)[C@@H]1CCCN1C(=O)[C@@H](N)CC(C)C)[C@@H](O)CC(=O)CCC(C)C. The first-order valence-corrected chi connectivity index (χ1v) is 22.3. The maximum atomic E-state index is 14.5. The summed E-state index contributed by atoms with van der Waals surface area (Å²) in [5, 5.41) is 20.0. The number of ketones is 1. The van der Waals surface area contributed by atoms with Crippen molar-refractivity contribution in [1.29, 1.82) is 0 Å². The van der Waals surface area contributed by atoms with Crippen molar-refractivity contribution in [3.05, 3.63) is 29.8 Å². The molecular weight excluding hydrogens is 781 g/mol. The third-order valence-corrected chi connectivity index (χ3v) is 11.7. The summed E-state index contributed by atoms with van der Waals surface area (Å²) in [7, 11) is 4.68. The minimum Gasteiger partial charge on any atom is -0.497 e. The molecule has 0 bridgehead atoms. The van der Waals surface area contributed by atoms with Crippen LogP contribution in [0.25, 0.3) is 0 Å². The minimum absolute atomic E-state index is 0.0257. The smallest absolute Gasteiger partial charge is 0.329 e. The molecule has 1 aliphatic rings. The number of likely N-dealkylation sites (N-methyl/N-ethyl adjacent to an activating group) is 2. The van der Waals surface area contributed by atoms with Crippen LogP contribution in [0.4, 0.5) is 0 Å². The Morgan fingerprint density at radius 3 is 2.08 bits per heavy atom. The van der Waals surface area contributed by atoms with Gasteiger partial charge in [0.15, 0.2) is 0 Å². The second-order valence-corrected chi connectivity index (χ2v) is 18.2. The third kappa shape index (κ3) is 16.6. The highest BCUT2D eigenvalue weighted by molar-refractivity contribution is 5.93. The molecule has 346 valence electrons. The zero-order valence-corrected chi connectivity index (χ0v) is 39.0. The fourth-order valence-electron chi connectivity index (χ4n) is 7.71. The Morgan fingerprint density at radius 1 is 0.918 bits per heavy atom. The highest BCUT2D eigenvalue weighted by atomic mass is 16.5. The molecule has 0 saturated carbocycles. The Balaban J connectivity index is 2.53. The molecule has 1 saturated heterocycles. The maximum absolute atomic E-state index is 14.5. The lowest BCUT2D eigenvalue weighted by Crippen LogP contribution is -2.61. The van der Waals surface area contributed by atoms with Gasteiger partial charge in [-0.1, -0.05) is 73.9 Å². The van der Waals surface area contributed by atoms with E-state index in [1.54, 1.807) is 31.3 Å². The first-order chi connectivity index (χ1) is 28.6. The topological polar surface area (TPSA) is 210 Å². The number of benzene rings is 1. The van der Waals surface area contributed by atoms with E-state index in [-0.39, 0.29) is 42.3 Å². The molecule has 0 unspecified atom stereocenters. The average Bonchev–Trinajstić information content (AvgIpc) is 3.70. The lowest BCUT2D eigenvalue weighted by molar-refractivity contribution is -0.162. The zero-order valence-electron chi connectivity index (χ0n) is 39.0. The van der Waals surface area contributed by atoms with E-state index in [4.69, 9.17) is 15.2 Å². The molecule has 9 atom stereocenters. The second-order valence-electron chi connectivity index (χ2n) is 18.2. The van der Waals surface area contributed by atoms with Gasteiger partial charge in [0, 0.05) is 32.9 Å². The number of aliphatic hydroxyl groups excluding tert-OH is 1. The van der Waals surface area contributed by atoms with Crippen LogP contribution in [0.5, 0.6) is 5.75 Å². The standard InChI is InChI=1S/C46H78N6O9/c1-13-30(8)40(39(54)26-33(53)19-16-27(2)3)49-43(56)41(50-42(55)36(48-10)24-29(6)7)31(9)61-46(59)38(25-32-17-20-34(60-12)21-18-32)51(11)45(58)37-15-14-22-52(37)44(57)35(47)23-28(4)5/h17-18,20-21,27-31,35-41,48,54H,13-16,19,22-26,47H2,1-12H3,(H,49,56)(H,50,55)/t30-,31+,35-,36+,37-,38-,39-,40+,41-/m0/s1. The van der Waals surface area contributed by atoms with Crippen molar-refractivity contribution in [2.24, 2.45) is 29.4 Å². The lowest BCUT2D eigenvalue weighted by Gasteiger charge is -2.35. The van der Waals surface area contributed by atoms with Crippen LogP contribution in [0.3, 0.4) is 0 Å². The Labute approximate surface area is 365 Å². The Kier molecular flexibility index (Phi) is 22.4. The molecule has 0 aliphatic carbocycles. The number of Topliss-reactive ketones (excluding diaryl/α,β-unsaturated/α-hetero) is 1. The molecule has 0 spiro atoms. The van der Waals surface area contributed by atoms with E-state index >= 15 is 0 Å². The summed E-state index contributed by atoms with van der Waals surface area (Å²) >= 11 is 0. The van der Waals surface area contributed by atoms with Gasteiger partial charge in [-0.05, 0) is 87.4 Å². The minimum atomic E-state index is -1.43. The number of carbonyl (C=O) groups excluding carboxylic acids is 6. The third-order valence-electron chi connectivity index (χ3n) is 11.7. The molecule has 1 heterocycles. The molecule has 0 radical (unpaired) electrons. The number of aliphatic hydroxyl groups is 1. The molecule has 15 heteroatoms. The highest BCUT2D eigenvalue weighted by Gasteiger charge is 2.42. The van der Waals surface area contributed by atoms with Gasteiger partial charge in [0.25, 0.3) is 0 Å². The monoisotopic (exact) mass is 859 g/mol. The molecule has 0 aromatic heterocycles. The van der Waals surface area contributed by atoms with E-state index in [0.717, 1.165) is 0 Å². The Hall–Kier alpha value is -4.08. The number of likely N-dealkylation sites (tertiary alicyclic amines) is 1. The number of esters is 1. The molecule has 1 aromatic rings. The molecule has 4 amide bonds. The quantitative estimate of drug-likeness (QED) is 0.0848. The van der Waals surface area contributed by atoms with Crippen LogP contribution in [0.15, 0.2) is 24.3 Å². The lowest BCUT2D eigenvalue weighted by atomic mass is 9.90. The number of ether oxygens (including phenoxy) is 2. The molecule has 1 fully saturated rings. The number of nitrogens with one attached hydrogen (secondary N) is 3. The number of hydrogen-bond acceptors (Lipinski definition) is 11. The average molecular weight is 859 g/mol. The van der Waals surface area contributed by atoms with Crippen LogP contribution in [0, 0.1) is 23.7 Å². The second kappa shape index (κ2) is 25.8. The summed E-state index contributed by atoms with van der Waals surface area (Å²) in [5.41, 5.74) is 6.97. The van der Waals surface area contributed by atoms with Crippen molar-refractivity contribution in [1.82, 2.24) is 25.8 Å². The largest absolute Gasteiger partial charge is 0.497 e. The molecule has 61 heavy (non-hydrogen) atoms. The number of methoxy groups -OCH3 is 1. The van der Waals surface area contributed by atoms with Crippen molar-refractivity contribution < 1.29 is 43.3 Å². The number of hydrogen-bond donors (Lipinski definition) is 5. The predicted molar refractivity (Wildman–Crippen MR) is 236 cm³/mol. The number of rotatable bonds is 26. The van der Waals surface area contributed by atoms with Gasteiger partial charge in [-0.15, -0.1) is 0 Å². The van der Waals surface area contributed by atoms with Crippen molar-refractivity contribution in [2.45, 2.75) is 169 Å². The first-order valence-electron chi connectivity index (χ1n) is 22.3. The van der Waals surface area contributed by atoms with Crippen LogP contribution in [-0.2, 0) is 39.9 Å². The number of nitrogens with two attached hydrogens (primary N) is 1. The van der Waals surface area contributed by atoms with Crippen LogP contribution in [-0.4, -0.2) is 126 Å². The first kappa shape index (κ1) is 53.1. The van der Waals surface area contributed by atoms with Crippen LogP contribution < -0.4 is 26.4 Å². The van der Waals surface area contributed by atoms with Crippen LogP contribution in [0.1, 0.15) is 119 Å². The van der Waals surface area contributed by atoms with Crippen LogP contribution >= 0.6 is 0 Å². The number of nitrogens with zero attached hydrogens (tertiary/aromatic N) is 2. The predicted octanol–water partition coefficient (Wildman–Crippen LogP) is 3.77. The summed E-state index contributed by atoms with van der Waals surface area (Å²) in [5.74, 6) is -1.96.